The molecule has 1 unspecified atom stereocenters. The summed E-state index contributed by atoms with van der Waals surface area (Å²) in [6.07, 6.45) is 2.48. The molecule has 1 fully saturated rings. The highest BCUT2D eigenvalue weighted by Gasteiger charge is 2.22. The Labute approximate surface area is 158 Å². The molecule has 1 aromatic carbocycles. The van der Waals surface area contributed by atoms with Gasteiger partial charge in [0.15, 0.2) is 5.11 Å². The van der Waals surface area contributed by atoms with Crippen molar-refractivity contribution in [1.82, 2.24) is 4.90 Å². The van der Waals surface area contributed by atoms with Crippen molar-refractivity contribution in [3.05, 3.63) is 46.7 Å². The number of thiophene rings is 1. The summed E-state index contributed by atoms with van der Waals surface area (Å²) in [6, 6.07) is 12.1. The lowest BCUT2D eigenvalue weighted by atomic mass is 10.2. The number of benzene rings is 1. The van der Waals surface area contributed by atoms with Gasteiger partial charge in [-0.25, -0.2) is 0 Å². The Bertz CT molecular complexity index is 670. The van der Waals surface area contributed by atoms with E-state index in [0.717, 1.165) is 44.0 Å². The van der Waals surface area contributed by atoms with E-state index in [4.69, 9.17) is 21.7 Å². The molecule has 0 radical (unpaired) electrons. The number of rotatable bonds is 7. The lowest BCUT2D eigenvalue weighted by Crippen LogP contribution is -2.39. The van der Waals surface area contributed by atoms with Crippen LogP contribution in [0.15, 0.2) is 41.8 Å². The fourth-order valence-corrected chi connectivity index (χ4v) is 3.86. The topological polar surface area (TPSA) is 33.7 Å². The molecule has 2 aromatic rings. The summed E-state index contributed by atoms with van der Waals surface area (Å²) in [5, 5.41) is 6.17. The molecule has 4 nitrogen and oxygen atoms in total. The molecule has 0 saturated carbocycles. The van der Waals surface area contributed by atoms with Crippen LogP contribution in [0.2, 0.25) is 0 Å². The molecule has 0 amide bonds. The van der Waals surface area contributed by atoms with E-state index in [9.17, 15) is 0 Å². The van der Waals surface area contributed by atoms with Crippen molar-refractivity contribution in [1.29, 1.82) is 0 Å². The zero-order chi connectivity index (χ0) is 17.5. The van der Waals surface area contributed by atoms with Crippen LogP contribution < -0.4 is 10.1 Å². The molecule has 2 heterocycles. The van der Waals surface area contributed by atoms with Gasteiger partial charge in [-0.15, -0.1) is 11.3 Å². The van der Waals surface area contributed by atoms with Gasteiger partial charge < -0.3 is 19.7 Å². The Morgan fingerprint density at radius 2 is 2.24 bits per heavy atom. The minimum atomic E-state index is 0.252. The van der Waals surface area contributed by atoms with Crippen LogP contribution in [0, 0.1) is 0 Å². The normalized spacial score (nSPS) is 16.6. The first-order valence-electron chi connectivity index (χ1n) is 8.68. The van der Waals surface area contributed by atoms with E-state index in [1.54, 1.807) is 11.3 Å². The van der Waals surface area contributed by atoms with E-state index in [1.807, 2.05) is 31.2 Å². The first kappa shape index (κ1) is 18.2. The van der Waals surface area contributed by atoms with Crippen molar-refractivity contribution in [3.63, 3.8) is 0 Å². The molecule has 1 aliphatic rings. The summed E-state index contributed by atoms with van der Waals surface area (Å²) in [4.78, 5) is 3.49. The third-order valence-corrected chi connectivity index (χ3v) is 5.31. The molecular formula is C19H24N2O2S2. The molecule has 1 atom stereocenters. The Balaban J connectivity index is 1.71. The van der Waals surface area contributed by atoms with Crippen LogP contribution in [0.4, 0.5) is 5.69 Å². The maximum atomic E-state index is 5.81. The van der Waals surface area contributed by atoms with E-state index >= 15 is 0 Å². The van der Waals surface area contributed by atoms with Crippen LogP contribution in [-0.2, 0) is 11.3 Å². The molecule has 1 N–H and O–H groups in total. The van der Waals surface area contributed by atoms with E-state index in [-0.39, 0.29) is 6.10 Å². The maximum Gasteiger partial charge on any atom is 0.173 e. The number of ether oxygens (including phenoxy) is 2. The number of nitrogens with one attached hydrogen (secondary N) is 1. The van der Waals surface area contributed by atoms with Crippen LogP contribution in [-0.4, -0.2) is 35.9 Å². The fourth-order valence-electron chi connectivity index (χ4n) is 2.89. The lowest BCUT2D eigenvalue weighted by Gasteiger charge is -2.28. The van der Waals surface area contributed by atoms with Crippen molar-refractivity contribution in [3.8, 4) is 5.75 Å². The van der Waals surface area contributed by atoms with Crippen molar-refractivity contribution in [2.45, 2.75) is 32.4 Å². The van der Waals surface area contributed by atoms with Gasteiger partial charge in [0.1, 0.15) is 5.75 Å². The van der Waals surface area contributed by atoms with E-state index < -0.39 is 0 Å². The molecule has 1 saturated heterocycles. The van der Waals surface area contributed by atoms with Crippen molar-refractivity contribution in [2.24, 2.45) is 0 Å². The van der Waals surface area contributed by atoms with Crippen LogP contribution >= 0.6 is 23.6 Å². The maximum absolute atomic E-state index is 5.81. The molecule has 0 bridgehead atoms. The number of nitrogens with zero attached hydrogens (tertiary/aromatic N) is 1. The van der Waals surface area contributed by atoms with Gasteiger partial charge in [-0.3, -0.25) is 0 Å². The van der Waals surface area contributed by atoms with E-state index in [0.29, 0.717) is 11.7 Å². The summed E-state index contributed by atoms with van der Waals surface area (Å²) in [5.41, 5.74) is 0.901. The largest absolute Gasteiger partial charge is 0.492 e. The van der Waals surface area contributed by atoms with Gasteiger partial charge in [0, 0.05) is 18.0 Å². The van der Waals surface area contributed by atoms with Gasteiger partial charge in [-0.05, 0) is 55.6 Å². The number of hydrogen-bond donors (Lipinski definition) is 1. The van der Waals surface area contributed by atoms with Crippen molar-refractivity contribution < 1.29 is 9.47 Å². The zero-order valence-electron chi connectivity index (χ0n) is 14.4. The highest BCUT2D eigenvalue weighted by molar-refractivity contribution is 7.80. The third kappa shape index (κ3) is 5.17. The molecule has 1 aromatic heterocycles. The van der Waals surface area contributed by atoms with Crippen LogP contribution in [0.1, 0.15) is 24.6 Å². The van der Waals surface area contributed by atoms with Gasteiger partial charge in [0.25, 0.3) is 0 Å². The summed E-state index contributed by atoms with van der Waals surface area (Å²) >= 11 is 7.47. The quantitative estimate of drug-likeness (QED) is 0.718. The van der Waals surface area contributed by atoms with Gasteiger partial charge in [0.2, 0.25) is 0 Å². The number of thiocarbonyl (C=S) groups is 1. The van der Waals surface area contributed by atoms with Crippen molar-refractivity contribution >= 4 is 34.4 Å². The smallest absolute Gasteiger partial charge is 0.173 e. The summed E-state index contributed by atoms with van der Waals surface area (Å²) < 4.78 is 11.5. The minimum Gasteiger partial charge on any atom is -0.492 e. The Hall–Kier alpha value is -1.63. The second-order valence-corrected chi connectivity index (χ2v) is 7.37. The lowest BCUT2D eigenvalue weighted by molar-refractivity contribution is 0.0907. The molecule has 1 aliphatic heterocycles. The van der Waals surface area contributed by atoms with Gasteiger partial charge in [0.05, 0.1) is 24.9 Å². The number of hydrogen-bond acceptors (Lipinski definition) is 4. The Morgan fingerprint density at radius 3 is 2.96 bits per heavy atom. The molecule has 6 heteroatoms. The average Bonchev–Trinajstić information content (AvgIpc) is 3.30. The molecule has 0 spiro atoms. The second kappa shape index (κ2) is 9.17. The monoisotopic (exact) mass is 376 g/mol. The first-order valence-corrected chi connectivity index (χ1v) is 9.96. The predicted octanol–water partition coefficient (Wildman–Crippen LogP) is 4.52. The van der Waals surface area contributed by atoms with Gasteiger partial charge >= 0.3 is 0 Å². The molecule has 25 heavy (non-hydrogen) atoms. The minimum absolute atomic E-state index is 0.252. The standard InChI is InChI=1S/C19H24N2O2S2/c1-2-22-18-10-4-3-9-17(18)20-19(24)21(13-15-7-5-11-23-15)14-16-8-6-12-25-16/h3-4,6,8-10,12,15H,2,5,7,11,13-14H2,1H3,(H,20,24). The van der Waals surface area contributed by atoms with Crippen LogP contribution in [0.25, 0.3) is 0 Å². The fraction of sp³-hybridized carbons (Fsp3) is 0.421. The zero-order valence-corrected chi connectivity index (χ0v) is 16.1. The highest BCUT2D eigenvalue weighted by atomic mass is 32.1. The molecular weight excluding hydrogens is 352 g/mol. The van der Waals surface area contributed by atoms with Gasteiger partial charge in [-0.1, -0.05) is 18.2 Å². The summed E-state index contributed by atoms with van der Waals surface area (Å²) in [6.45, 7) is 5.06. The first-order chi connectivity index (χ1) is 12.3. The van der Waals surface area contributed by atoms with E-state index in [2.05, 4.69) is 27.7 Å². The van der Waals surface area contributed by atoms with Gasteiger partial charge in [-0.2, -0.15) is 0 Å². The SMILES string of the molecule is CCOc1ccccc1NC(=S)N(Cc1cccs1)CC1CCCO1. The summed E-state index contributed by atoms with van der Waals surface area (Å²) in [7, 11) is 0. The highest BCUT2D eigenvalue weighted by Crippen LogP contribution is 2.25. The molecule has 134 valence electrons. The third-order valence-electron chi connectivity index (χ3n) is 4.09. The van der Waals surface area contributed by atoms with E-state index in [1.165, 1.54) is 4.88 Å². The number of anilines is 1. The summed E-state index contributed by atoms with van der Waals surface area (Å²) in [5.74, 6) is 0.820. The second-order valence-electron chi connectivity index (χ2n) is 5.95. The van der Waals surface area contributed by atoms with Crippen LogP contribution in [0.3, 0.4) is 0 Å². The Morgan fingerprint density at radius 1 is 1.36 bits per heavy atom. The average molecular weight is 377 g/mol. The Kier molecular flexibility index (Phi) is 6.67. The molecule has 0 aliphatic carbocycles. The predicted molar refractivity (Wildman–Crippen MR) is 108 cm³/mol. The molecule has 3 rings (SSSR count). The number of para-hydroxylation sites is 2. The van der Waals surface area contributed by atoms with Crippen molar-refractivity contribution in [2.75, 3.05) is 25.1 Å². The van der Waals surface area contributed by atoms with Crippen LogP contribution in [0.5, 0.6) is 5.75 Å².